The molecule has 4 rings (SSSR count). The van der Waals surface area contributed by atoms with Gasteiger partial charge in [0, 0.05) is 30.8 Å². The molecule has 3 aromatic rings. The molecule has 0 unspecified atom stereocenters. The summed E-state index contributed by atoms with van der Waals surface area (Å²) < 4.78 is 16.9. The lowest BCUT2D eigenvalue weighted by Crippen LogP contribution is -2.38. The summed E-state index contributed by atoms with van der Waals surface area (Å²) in [5.74, 6) is -0.0217. The van der Waals surface area contributed by atoms with E-state index in [2.05, 4.69) is 4.90 Å². The van der Waals surface area contributed by atoms with Crippen molar-refractivity contribution in [3.63, 3.8) is 0 Å². The van der Waals surface area contributed by atoms with Crippen LogP contribution in [0.25, 0.3) is 22.3 Å². The van der Waals surface area contributed by atoms with Crippen molar-refractivity contribution in [2.45, 2.75) is 6.92 Å². The summed E-state index contributed by atoms with van der Waals surface area (Å²) in [4.78, 5) is 27.8. The highest BCUT2D eigenvalue weighted by molar-refractivity contribution is 6.02. The highest BCUT2D eigenvalue weighted by atomic mass is 16.5. The number of benzene rings is 2. The average molecular weight is 393 g/mol. The summed E-state index contributed by atoms with van der Waals surface area (Å²) in [5.41, 5.74) is 1.69. The molecule has 0 bridgehead atoms. The number of carbonyl (C=O) groups is 1. The maximum absolute atomic E-state index is 12.9. The molecule has 1 aliphatic rings. The van der Waals surface area contributed by atoms with E-state index in [1.165, 1.54) is 0 Å². The van der Waals surface area contributed by atoms with Gasteiger partial charge < -0.3 is 13.9 Å². The van der Waals surface area contributed by atoms with Crippen LogP contribution in [0.3, 0.4) is 0 Å². The SMILES string of the molecule is Cc1c(-c2ccccc2)oc2c(C(=O)OCCN3CCOCC3)cccc2c1=O. The first-order valence-corrected chi connectivity index (χ1v) is 9.74. The number of fused-ring (bicyclic) bond motifs is 1. The number of nitrogens with zero attached hydrogens (tertiary/aromatic N) is 1. The van der Waals surface area contributed by atoms with Crippen molar-refractivity contribution in [3.8, 4) is 11.3 Å². The Hall–Kier alpha value is -2.96. The molecule has 0 aliphatic carbocycles. The van der Waals surface area contributed by atoms with Gasteiger partial charge in [0.2, 0.25) is 0 Å². The van der Waals surface area contributed by atoms with Crippen molar-refractivity contribution in [1.82, 2.24) is 4.90 Å². The van der Waals surface area contributed by atoms with Gasteiger partial charge in [-0.05, 0) is 19.1 Å². The standard InChI is InChI=1S/C23H23NO5/c1-16-20(25)18-8-5-9-19(22(18)29-21(16)17-6-3-2-4-7-17)23(26)28-15-12-24-10-13-27-14-11-24/h2-9H,10-15H2,1H3. The molecule has 0 amide bonds. The molecular weight excluding hydrogens is 370 g/mol. The van der Waals surface area contributed by atoms with Crippen LogP contribution >= 0.6 is 0 Å². The quantitative estimate of drug-likeness (QED) is 0.620. The number of morpholine rings is 1. The van der Waals surface area contributed by atoms with E-state index >= 15 is 0 Å². The Morgan fingerprint density at radius 2 is 1.83 bits per heavy atom. The van der Waals surface area contributed by atoms with E-state index in [-0.39, 0.29) is 23.2 Å². The van der Waals surface area contributed by atoms with E-state index in [0.717, 1.165) is 18.7 Å². The minimum absolute atomic E-state index is 0.145. The van der Waals surface area contributed by atoms with Gasteiger partial charge in [-0.3, -0.25) is 9.69 Å². The van der Waals surface area contributed by atoms with Crippen LogP contribution in [0.15, 0.2) is 57.7 Å². The zero-order chi connectivity index (χ0) is 20.2. The summed E-state index contributed by atoms with van der Waals surface area (Å²) in [5, 5.41) is 0.379. The largest absolute Gasteiger partial charge is 0.461 e. The third kappa shape index (κ3) is 4.09. The minimum Gasteiger partial charge on any atom is -0.461 e. The zero-order valence-electron chi connectivity index (χ0n) is 16.3. The van der Waals surface area contributed by atoms with Gasteiger partial charge >= 0.3 is 5.97 Å². The first-order valence-electron chi connectivity index (χ1n) is 9.74. The van der Waals surface area contributed by atoms with Crippen LogP contribution in [-0.2, 0) is 9.47 Å². The molecule has 2 aromatic carbocycles. The second kappa shape index (κ2) is 8.59. The summed E-state index contributed by atoms with van der Waals surface area (Å²) in [6.45, 7) is 5.73. The van der Waals surface area contributed by atoms with Gasteiger partial charge in [-0.1, -0.05) is 36.4 Å². The average Bonchev–Trinajstić information content (AvgIpc) is 2.77. The maximum atomic E-state index is 12.9. The zero-order valence-corrected chi connectivity index (χ0v) is 16.3. The second-order valence-corrected chi connectivity index (χ2v) is 7.02. The molecule has 0 radical (unpaired) electrons. The molecule has 2 heterocycles. The number of para-hydroxylation sites is 1. The van der Waals surface area contributed by atoms with Crippen molar-refractivity contribution in [1.29, 1.82) is 0 Å². The van der Waals surface area contributed by atoms with E-state index in [0.29, 0.717) is 36.5 Å². The van der Waals surface area contributed by atoms with Gasteiger partial charge in [-0.15, -0.1) is 0 Å². The van der Waals surface area contributed by atoms with Crippen LogP contribution in [-0.4, -0.2) is 50.3 Å². The minimum atomic E-state index is -0.491. The first kappa shape index (κ1) is 19.4. The summed E-state index contributed by atoms with van der Waals surface area (Å²) in [6, 6.07) is 14.4. The number of ether oxygens (including phenoxy) is 2. The Kier molecular flexibility index (Phi) is 5.74. The van der Waals surface area contributed by atoms with Crippen LogP contribution < -0.4 is 5.43 Å². The van der Waals surface area contributed by atoms with Crippen molar-refractivity contribution in [3.05, 3.63) is 69.9 Å². The molecule has 6 heteroatoms. The fourth-order valence-corrected chi connectivity index (χ4v) is 3.51. The number of rotatable bonds is 5. The van der Waals surface area contributed by atoms with Crippen molar-refractivity contribution in [2.24, 2.45) is 0 Å². The molecule has 1 saturated heterocycles. The van der Waals surface area contributed by atoms with E-state index in [9.17, 15) is 9.59 Å². The van der Waals surface area contributed by atoms with Crippen molar-refractivity contribution < 1.29 is 18.7 Å². The summed E-state index contributed by atoms with van der Waals surface area (Å²) >= 11 is 0. The van der Waals surface area contributed by atoms with Crippen molar-refractivity contribution >= 4 is 16.9 Å². The molecular formula is C23H23NO5. The molecule has 29 heavy (non-hydrogen) atoms. The van der Waals surface area contributed by atoms with Gasteiger partial charge in [-0.2, -0.15) is 0 Å². The van der Waals surface area contributed by atoms with E-state index in [1.54, 1.807) is 25.1 Å². The fraction of sp³-hybridized carbons (Fsp3) is 0.304. The Bertz CT molecular complexity index is 1070. The van der Waals surface area contributed by atoms with Gasteiger partial charge in [0.1, 0.15) is 17.9 Å². The topological polar surface area (TPSA) is 69.0 Å². The molecule has 6 nitrogen and oxygen atoms in total. The van der Waals surface area contributed by atoms with E-state index < -0.39 is 5.97 Å². The number of esters is 1. The normalized spacial score (nSPS) is 14.8. The Morgan fingerprint density at radius 3 is 2.59 bits per heavy atom. The van der Waals surface area contributed by atoms with Crippen LogP contribution in [0.1, 0.15) is 15.9 Å². The molecule has 1 fully saturated rings. The monoisotopic (exact) mass is 393 g/mol. The van der Waals surface area contributed by atoms with Crippen LogP contribution in [0.2, 0.25) is 0 Å². The smallest absolute Gasteiger partial charge is 0.342 e. The van der Waals surface area contributed by atoms with Crippen LogP contribution in [0.4, 0.5) is 0 Å². The lowest BCUT2D eigenvalue weighted by Gasteiger charge is -2.26. The predicted molar refractivity (Wildman–Crippen MR) is 110 cm³/mol. The number of hydrogen-bond acceptors (Lipinski definition) is 6. The lowest BCUT2D eigenvalue weighted by molar-refractivity contribution is 0.0196. The van der Waals surface area contributed by atoms with Gasteiger partial charge in [0.05, 0.1) is 18.6 Å². The molecule has 0 N–H and O–H groups in total. The maximum Gasteiger partial charge on any atom is 0.342 e. The van der Waals surface area contributed by atoms with Crippen LogP contribution in [0, 0.1) is 6.92 Å². The molecule has 150 valence electrons. The summed E-state index contributed by atoms with van der Waals surface area (Å²) in [7, 11) is 0. The number of hydrogen-bond donors (Lipinski definition) is 0. The number of carbonyl (C=O) groups excluding carboxylic acids is 1. The molecule has 0 spiro atoms. The Balaban J connectivity index is 1.63. The van der Waals surface area contributed by atoms with Crippen LogP contribution in [0.5, 0.6) is 0 Å². The van der Waals surface area contributed by atoms with Gasteiger partial charge in [0.25, 0.3) is 0 Å². The Morgan fingerprint density at radius 1 is 1.07 bits per heavy atom. The lowest BCUT2D eigenvalue weighted by atomic mass is 10.0. The second-order valence-electron chi connectivity index (χ2n) is 7.02. The summed E-state index contributed by atoms with van der Waals surface area (Å²) in [6.07, 6.45) is 0. The predicted octanol–water partition coefficient (Wildman–Crippen LogP) is 3.26. The van der Waals surface area contributed by atoms with Gasteiger partial charge in [0.15, 0.2) is 11.0 Å². The molecule has 1 aromatic heterocycles. The highest BCUT2D eigenvalue weighted by Crippen LogP contribution is 2.27. The third-order valence-corrected chi connectivity index (χ3v) is 5.15. The van der Waals surface area contributed by atoms with Crippen molar-refractivity contribution in [2.75, 3.05) is 39.5 Å². The highest BCUT2D eigenvalue weighted by Gasteiger charge is 2.19. The Labute approximate surface area is 168 Å². The fourth-order valence-electron chi connectivity index (χ4n) is 3.51. The first-order chi connectivity index (χ1) is 14.1. The molecule has 0 atom stereocenters. The molecule has 1 aliphatic heterocycles. The van der Waals surface area contributed by atoms with E-state index in [4.69, 9.17) is 13.9 Å². The van der Waals surface area contributed by atoms with E-state index in [1.807, 2.05) is 30.3 Å². The molecule has 0 saturated carbocycles. The third-order valence-electron chi connectivity index (χ3n) is 5.15. The van der Waals surface area contributed by atoms with Gasteiger partial charge in [-0.25, -0.2) is 4.79 Å².